The number of nitrogens with zero attached hydrogens (tertiary/aromatic N) is 5. The predicted octanol–water partition coefficient (Wildman–Crippen LogP) is 3.56. The van der Waals surface area contributed by atoms with Crippen molar-refractivity contribution in [2.24, 2.45) is 7.05 Å². The fraction of sp³-hybridized carbons (Fsp3) is 0.375. The third-order valence-electron chi connectivity index (χ3n) is 6.35. The lowest BCUT2D eigenvalue weighted by Crippen LogP contribution is -2.35. The summed E-state index contributed by atoms with van der Waals surface area (Å²) >= 11 is 1.65. The van der Waals surface area contributed by atoms with Crippen LogP contribution < -0.4 is 5.56 Å². The molecule has 166 valence electrons. The van der Waals surface area contributed by atoms with E-state index >= 15 is 0 Å². The summed E-state index contributed by atoms with van der Waals surface area (Å²) < 4.78 is 17.0. The van der Waals surface area contributed by atoms with Gasteiger partial charge in [-0.05, 0) is 56.0 Å². The highest BCUT2D eigenvalue weighted by Gasteiger charge is 2.27. The highest BCUT2D eigenvalue weighted by atomic mass is 32.1. The third kappa shape index (κ3) is 4.12. The highest BCUT2D eigenvalue weighted by Crippen LogP contribution is 2.35. The average Bonchev–Trinajstić information content (AvgIpc) is 3.35. The van der Waals surface area contributed by atoms with Crippen molar-refractivity contribution >= 4 is 21.6 Å². The van der Waals surface area contributed by atoms with Gasteiger partial charge in [-0.2, -0.15) is 5.10 Å². The standard InChI is InChI=1S/C24H26FN5OS/c1-28(13-17-12-27-29(2)14-17)19-6-7-20-21(11-19)32-23-22(20)24(31)30(15-26-23)9-8-16-4-3-5-18(25)10-16/h3-5,10,12,14-15,19H,6-9,11,13H2,1-2H3. The lowest BCUT2D eigenvalue weighted by Gasteiger charge is -2.30. The topological polar surface area (TPSA) is 56.0 Å². The molecule has 0 radical (unpaired) electrons. The number of aryl methyl sites for hydroxylation is 4. The van der Waals surface area contributed by atoms with Crippen molar-refractivity contribution in [1.29, 1.82) is 0 Å². The molecule has 8 heteroatoms. The second-order valence-corrected chi connectivity index (χ2v) is 9.72. The van der Waals surface area contributed by atoms with E-state index in [1.165, 1.54) is 28.1 Å². The van der Waals surface area contributed by atoms with Gasteiger partial charge < -0.3 is 0 Å². The first kappa shape index (κ1) is 21.0. The Balaban J connectivity index is 1.35. The summed E-state index contributed by atoms with van der Waals surface area (Å²) in [4.78, 5) is 22.3. The Labute approximate surface area is 189 Å². The monoisotopic (exact) mass is 451 g/mol. The zero-order valence-electron chi connectivity index (χ0n) is 18.3. The van der Waals surface area contributed by atoms with Crippen LogP contribution in [0.2, 0.25) is 0 Å². The van der Waals surface area contributed by atoms with Crippen LogP contribution in [0.5, 0.6) is 0 Å². The van der Waals surface area contributed by atoms with Crippen LogP contribution in [-0.2, 0) is 39.4 Å². The molecular formula is C24H26FN5OS. The first-order valence-corrected chi connectivity index (χ1v) is 11.7. The SMILES string of the molecule is CN(Cc1cnn(C)c1)C1CCc2c(sc3ncn(CCc4cccc(F)c4)c(=O)c23)C1. The Bertz CT molecular complexity index is 1320. The van der Waals surface area contributed by atoms with Gasteiger partial charge in [-0.15, -0.1) is 11.3 Å². The Kier molecular flexibility index (Phi) is 5.65. The van der Waals surface area contributed by atoms with Crippen LogP contribution in [-0.4, -0.2) is 37.3 Å². The van der Waals surface area contributed by atoms with Crippen molar-refractivity contribution in [3.05, 3.63) is 80.7 Å². The van der Waals surface area contributed by atoms with Gasteiger partial charge in [0.15, 0.2) is 0 Å². The smallest absolute Gasteiger partial charge is 0.262 e. The summed E-state index contributed by atoms with van der Waals surface area (Å²) in [6.45, 7) is 1.36. The third-order valence-corrected chi connectivity index (χ3v) is 7.52. The first-order valence-electron chi connectivity index (χ1n) is 10.9. The van der Waals surface area contributed by atoms with Gasteiger partial charge >= 0.3 is 0 Å². The molecule has 0 N–H and O–H groups in total. The van der Waals surface area contributed by atoms with Crippen molar-refractivity contribution in [1.82, 2.24) is 24.2 Å². The van der Waals surface area contributed by atoms with Gasteiger partial charge in [0.25, 0.3) is 5.56 Å². The van der Waals surface area contributed by atoms with Crippen LogP contribution in [0.3, 0.4) is 0 Å². The molecule has 3 aromatic heterocycles. The molecule has 1 aliphatic rings. The fourth-order valence-electron chi connectivity index (χ4n) is 4.63. The minimum absolute atomic E-state index is 0.0195. The van der Waals surface area contributed by atoms with E-state index < -0.39 is 0 Å². The molecule has 32 heavy (non-hydrogen) atoms. The van der Waals surface area contributed by atoms with Crippen LogP contribution in [0, 0.1) is 5.82 Å². The number of halogens is 1. The molecule has 6 nitrogen and oxygen atoms in total. The largest absolute Gasteiger partial charge is 0.299 e. The molecule has 1 aliphatic carbocycles. The number of benzene rings is 1. The van der Waals surface area contributed by atoms with E-state index in [0.29, 0.717) is 19.0 Å². The molecule has 1 aromatic carbocycles. The van der Waals surface area contributed by atoms with Gasteiger partial charge in [0.2, 0.25) is 0 Å². The zero-order valence-corrected chi connectivity index (χ0v) is 19.1. The quantitative estimate of drug-likeness (QED) is 0.450. The Morgan fingerprint density at radius 3 is 2.97 bits per heavy atom. The van der Waals surface area contributed by atoms with Crippen molar-refractivity contribution < 1.29 is 4.39 Å². The molecule has 4 aromatic rings. The molecule has 3 heterocycles. The minimum Gasteiger partial charge on any atom is -0.299 e. The summed E-state index contributed by atoms with van der Waals surface area (Å²) in [6.07, 6.45) is 9.06. The van der Waals surface area contributed by atoms with Gasteiger partial charge in [0.1, 0.15) is 10.6 Å². The summed E-state index contributed by atoms with van der Waals surface area (Å²) in [5.74, 6) is -0.252. The Hall–Kier alpha value is -2.84. The summed E-state index contributed by atoms with van der Waals surface area (Å²) in [6, 6.07) is 6.97. The number of hydrogen-bond acceptors (Lipinski definition) is 5. The molecular weight excluding hydrogens is 425 g/mol. The average molecular weight is 452 g/mol. The van der Waals surface area contributed by atoms with Crippen LogP contribution in [0.4, 0.5) is 4.39 Å². The second kappa shape index (κ2) is 8.60. The van der Waals surface area contributed by atoms with Gasteiger partial charge in [0.05, 0.1) is 17.9 Å². The van der Waals surface area contributed by atoms with E-state index in [2.05, 4.69) is 28.2 Å². The molecule has 5 rings (SSSR count). The molecule has 1 atom stereocenters. The van der Waals surface area contributed by atoms with E-state index in [-0.39, 0.29) is 11.4 Å². The van der Waals surface area contributed by atoms with Crippen LogP contribution in [0.15, 0.2) is 47.8 Å². The number of aromatic nitrogens is 4. The van der Waals surface area contributed by atoms with E-state index in [4.69, 9.17) is 0 Å². The summed E-state index contributed by atoms with van der Waals surface area (Å²) in [7, 11) is 4.10. The van der Waals surface area contributed by atoms with Crippen molar-refractivity contribution in [3.63, 3.8) is 0 Å². The second-order valence-electron chi connectivity index (χ2n) is 8.64. The number of fused-ring (bicyclic) bond motifs is 3. The Morgan fingerprint density at radius 2 is 2.19 bits per heavy atom. The Morgan fingerprint density at radius 1 is 1.31 bits per heavy atom. The van der Waals surface area contributed by atoms with Crippen LogP contribution >= 0.6 is 11.3 Å². The number of likely N-dealkylation sites (N-methyl/N-ethyl adjacent to an activating group) is 1. The van der Waals surface area contributed by atoms with E-state index in [0.717, 1.165) is 41.6 Å². The van der Waals surface area contributed by atoms with Crippen molar-refractivity contribution in [3.8, 4) is 0 Å². The van der Waals surface area contributed by atoms with Crippen molar-refractivity contribution in [2.75, 3.05) is 7.05 Å². The molecule has 0 bridgehead atoms. The lowest BCUT2D eigenvalue weighted by molar-refractivity contribution is 0.215. The minimum atomic E-state index is -0.252. The van der Waals surface area contributed by atoms with E-state index in [1.807, 2.05) is 24.0 Å². The molecule has 0 fully saturated rings. The normalized spacial score (nSPS) is 16.1. The van der Waals surface area contributed by atoms with Crippen LogP contribution in [0.25, 0.3) is 10.2 Å². The summed E-state index contributed by atoms with van der Waals surface area (Å²) in [5, 5.41) is 5.04. The van der Waals surface area contributed by atoms with Gasteiger partial charge in [-0.25, -0.2) is 9.37 Å². The van der Waals surface area contributed by atoms with Gasteiger partial charge in [-0.3, -0.25) is 18.9 Å². The number of hydrogen-bond donors (Lipinski definition) is 0. The molecule has 0 spiro atoms. The van der Waals surface area contributed by atoms with Gasteiger partial charge in [-0.1, -0.05) is 12.1 Å². The molecule has 0 saturated carbocycles. The fourth-order valence-corrected chi connectivity index (χ4v) is 5.88. The van der Waals surface area contributed by atoms with Crippen LogP contribution in [0.1, 0.15) is 28.0 Å². The maximum Gasteiger partial charge on any atom is 0.262 e. The molecule has 0 saturated heterocycles. The van der Waals surface area contributed by atoms with Gasteiger partial charge in [0, 0.05) is 42.8 Å². The maximum atomic E-state index is 13.5. The summed E-state index contributed by atoms with van der Waals surface area (Å²) in [5.41, 5.74) is 3.28. The lowest BCUT2D eigenvalue weighted by atomic mass is 9.92. The first-order chi connectivity index (χ1) is 15.5. The highest BCUT2D eigenvalue weighted by molar-refractivity contribution is 7.18. The number of rotatable bonds is 6. The zero-order chi connectivity index (χ0) is 22.2. The molecule has 1 unspecified atom stereocenters. The molecule has 0 aliphatic heterocycles. The molecule has 0 amide bonds. The van der Waals surface area contributed by atoms with E-state index in [1.54, 1.807) is 28.3 Å². The van der Waals surface area contributed by atoms with E-state index in [9.17, 15) is 9.18 Å². The van der Waals surface area contributed by atoms with Crippen molar-refractivity contribution in [2.45, 2.75) is 44.8 Å². The predicted molar refractivity (Wildman–Crippen MR) is 124 cm³/mol. The number of thiophene rings is 1. The maximum absolute atomic E-state index is 13.5.